The Morgan fingerprint density at radius 1 is 1.00 bits per heavy atom. The highest BCUT2D eigenvalue weighted by Gasteiger charge is 2.31. The second-order valence-electron chi connectivity index (χ2n) is 5.24. The van der Waals surface area contributed by atoms with Crippen LogP contribution in [0.4, 0.5) is 13.2 Å². The molecule has 110 valence electrons. The first-order valence-corrected chi connectivity index (χ1v) is 7.72. The molecule has 0 unspecified atom stereocenters. The lowest BCUT2D eigenvalue weighted by Gasteiger charge is -2.36. The molecule has 0 aromatic carbocycles. The molecule has 0 aliphatic heterocycles. The Bertz CT molecular complexity index is 213. The van der Waals surface area contributed by atoms with Crippen molar-refractivity contribution in [3.63, 3.8) is 0 Å². The molecule has 0 saturated carbocycles. The maximum absolute atomic E-state index is 12.2. The van der Waals surface area contributed by atoms with Crippen LogP contribution in [0.15, 0.2) is 0 Å². The summed E-state index contributed by atoms with van der Waals surface area (Å²) in [7, 11) is 1.79. The fraction of sp³-hybridized carbons (Fsp3) is 1.00. The van der Waals surface area contributed by atoms with Crippen molar-refractivity contribution in [1.29, 1.82) is 0 Å². The topological polar surface area (TPSA) is 3.24 Å². The number of hydrogen-bond donors (Lipinski definition) is 0. The molecule has 0 amide bonds. The molecule has 0 bridgehead atoms. The maximum Gasteiger partial charge on any atom is 0.390 e. The Kier molecular flexibility index (Phi) is 8.52. The van der Waals surface area contributed by atoms with Crippen molar-refractivity contribution >= 4 is 15.9 Å². The SMILES string of the molecule is CCCC(CBr)(CCC)CN(C)CCC(F)(F)F. The van der Waals surface area contributed by atoms with E-state index >= 15 is 0 Å². The largest absolute Gasteiger partial charge is 0.390 e. The summed E-state index contributed by atoms with van der Waals surface area (Å²) in [6, 6.07) is 0. The first-order chi connectivity index (χ1) is 8.28. The molecule has 0 spiro atoms. The van der Waals surface area contributed by atoms with Gasteiger partial charge in [0.1, 0.15) is 0 Å². The van der Waals surface area contributed by atoms with Crippen LogP contribution in [0.2, 0.25) is 0 Å². The first-order valence-electron chi connectivity index (χ1n) is 6.60. The molecule has 18 heavy (non-hydrogen) atoms. The third-order valence-electron chi connectivity index (χ3n) is 3.23. The molecule has 0 aliphatic rings. The lowest BCUT2D eigenvalue weighted by Crippen LogP contribution is -2.38. The van der Waals surface area contributed by atoms with Crippen molar-refractivity contribution in [2.24, 2.45) is 5.41 Å². The van der Waals surface area contributed by atoms with Crippen molar-refractivity contribution in [2.75, 3.05) is 25.5 Å². The fourth-order valence-corrected chi connectivity index (χ4v) is 3.23. The van der Waals surface area contributed by atoms with Gasteiger partial charge < -0.3 is 4.90 Å². The minimum Gasteiger partial charge on any atom is -0.305 e. The highest BCUT2D eigenvalue weighted by atomic mass is 79.9. The Morgan fingerprint density at radius 3 is 1.83 bits per heavy atom. The summed E-state index contributed by atoms with van der Waals surface area (Å²) in [4.78, 5) is 1.82. The van der Waals surface area contributed by atoms with Crippen LogP contribution in [0.1, 0.15) is 46.0 Å². The van der Waals surface area contributed by atoms with E-state index < -0.39 is 12.6 Å². The van der Waals surface area contributed by atoms with Crippen molar-refractivity contribution < 1.29 is 13.2 Å². The van der Waals surface area contributed by atoms with Crippen LogP contribution in [0.3, 0.4) is 0 Å². The van der Waals surface area contributed by atoms with Crippen LogP contribution >= 0.6 is 15.9 Å². The molecular weight excluding hydrogens is 307 g/mol. The van der Waals surface area contributed by atoms with E-state index in [0.717, 1.165) is 37.6 Å². The third kappa shape index (κ3) is 7.62. The van der Waals surface area contributed by atoms with Gasteiger partial charge in [0.25, 0.3) is 0 Å². The van der Waals surface area contributed by atoms with Gasteiger partial charge in [-0.2, -0.15) is 13.2 Å². The van der Waals surface area contributed by atoms with Crippen LogP contribution in [0, 0.1) is 5.41 Å². The Balaban J connectivity index is 4.37. The second kappa shape index (κ2) is 8.41. The molecule has 0 heterocycles. The highest BCUT2D eigenvalue weighted by molar-refractivity contribution is 9.09. The molecule has 0 rings (SSSR count). The van der Waals surface area contributed by atoms with Gasteiger partial charge in [0.05, 0.1) is 6.42 Å². The average molecular weight is 332 g/mol. The zero-order chi connectivity index (χ0) is 14.2. The molecule has 0 N–H and O–H groups in total. The summed E-state index contributed by atoms with van der Waals surface area (Å²) in [6.07, 6.45) is -0.525. The van der Waals surface area contributed by atoms with E-state index in [-0.39, 0.29) is 12.0 Å². The zero-order valence-electron chi connectivity index (χ0n) is 11.6. The summed E-state index contributed by atoms with van der Waals surface area (Å²) >= 11 is 3.55. The van der Waals surface area contributed by atoms with Gasteiger partial charge >= 0.3 is 6.18 Å². The molecular formula is C13H25BrF3N. The van der Waals surface area contributed by atoms with Crippen LogP contribution in [0.5, 0.6) is 0 Å². The number of alkyl halides is 4. The van der Waals surface area contributed by atoms with Crippen molar-refractivity contribution in [1.82, 2.24) is 4.90 Å². The molecule has 0 aromatic heterocycles. The summed E-state index contributed by atoms with van der Waals surface area (Å²) in [5.41, 5.74) is 0.115. The van der Waals surface area contributed by atoms with Gasteiger partial charge in [0, 0.05) is 18.4 Å². The average Bonchev–Trinajstić information content (AvgIpc) is 2.26. The zero-order valence-corrected chi connectivity index (χ0v) is 13.2. The van der Waals surface area contributed by atoms with Crippen molar-refractivity contribution in [2.45, 2.75) is 52.1 Å². The van der Waals surface area contributed by atoms with E-state index in [1.165, 1.54) is 0 Å². The van der Waals surface area contributed by atoms with E-state index in [2.05, 4.69) is 29.8 Å². The minimum absolute atomic E-state index is 0.0890. The predicted octanol–water partition coefficient (Wildman–Crippen LogP) is 4.85. The second-order valence-corrected chi connectivity index (χ2v) is 5.80. The summed E-state index contributed by atoms with van der Waals surface area (Å²) in [5.74, 6) is 0. The summed E-state index contributed by atoms with van der Waals surface area (Å²) < 4.78 is 36.6. The molecule has 0 fully saturated rings. The Labute approximate surface area is 117 Å². The molecule has 5 heteroatoms. The molecule has 0 aromatic rings. The van der Waals surface area contributed by atoms with E-state index in [1.807, 2.05) is 4.90 Å². The van der Waals surface area contributed by atoms with Gasteiger partial charge in [0.15, 0.2) is 0 Å². The smallest absolute Gasteiger partial charge is 0.305 e. The van der Waals surface area contributed by atoms with Crippen LogP contribution in [0.25, 0.3) is 0 Å². The highest BCUT2D eigenvalue weighted by Crippen LogP contribution is 2.33. The van der Waals surface area contributed by atoms with E-state index in [9.17, 15) is 13.2 Å². The van der Waals surface area contributed by atoms with E-state index in [4.69, 9.17) is 0 Å². The van der Waals surface area contributed by atoms with Gasteiger partial charge in [-0.3, -0.25) is 0 Å². The van der Waals surface area contributed by atoms with Gasteiger partial charge in [0.2, 0.25) is 0 Å². The predicted molar refractivity (Wildman–Crippen MR) is 74.2 cm³/mol. The summed E-state index contributed by atoms with van der Waals surface area (Å²) in [6.45, 7) is 5.08. The van der Waals surface area contributed by atoms with E-state index in [0.29, 0.717) is 0 Å². The van der Waals surface area contributed by atoms with E-state index in [1.54, 1.807) is 7.05 Å². The van der Waals surface area contributed by atoms with Gasteiger partial charge in [-0.25, -0.2) is 0 Å². The monoisotopic (exact) mass is 331 g/mol. The number of nitrogens with zero attached hydrogens (tertiary/aromatic N) is 1. The van der Waals surface area contributed by atoms with Crippen molar-refractivity contribution in [3.05, 3.63) is 0 Å². The molecule has 0 saturated heterocycles. The lowest BCUT2D eigenvalue weighted by atomic mass is 9.81. The number of hydrogen-bond acceptors (Lipinski definition) is 1. The standard InChI is InChI=1S/C13H25BrF3N/c1-4-6-12(10-14,7-5-2)11-18(3)9-8-13(15,16)17/h4-11H2,1-3H3. The number of halogens is 4. The first kappa shape index (κ1) is 18.2. The molecule has 1 nitrogen and oxygen atoms in total. The molecule has 0 aliphatic carbocycles. The van der Waals surface area contributed by atoms with Gasteiger partial charge in [-0.05, 0) is 25.3 Å². The minimum atomic E-state index is -4.05. The van der Waals surface area contributed by atoms with Crippen molar-refractivity contribution in [3.8, 4) is 0 Å². The summed E-state index contributed by atoms with van der Waals surface area (Å²) in [5, 5.41) is 0.859. The maximum atomic E-state index is 12.2. The number of rotatable bonds is 9. The van der Waals surface area contributed by atoms with Crippen LogP contribution in [-0.2, 0) is 0 Å². The normalized spacial score (nSPS) is 13.3. The third-order valence-corrected chi connectivity index (χ3v) is 4.42. The lowest BCUT2D eigenvalue weighted by molar-refractivity contribution is -0.138. The van der Waals surface area contributed by atoms with Gasteiger partial charge in [-0.1, -0.05) is 42.6 Å². The van der Waals surface area contributed by atoms with Crippen LogP contribution < -0.4 is 0 Å². The molecule has 0 atom stereocenters. The quantitative estimate of drug-likeness (QED) is 0.546. The van der Waals surface area contributed by atoms with Gasteiger partial charge in [-0.15, -0.1) is 0 Å². The van der Waals surface area contributed by atoms with Crippen LogP contribution in [-0.4, -0.2) is 36.5 Å². The Hall–Kier alpha value is 0.230. The fourth-order valence-electron chi connectivity index (χ4n) is 2.49. The molecule has 0 radical (unpaired) electrons. The Morgan fingerprint density at radius 2 is 1.50 bits per heavy atom.